The molecule has 156 valence electrons. The zero-order valence-corrected chi connectivity index (χ0v) is 18.7. The molecule has 3 rings (SSSR count). The van der Waals surface area contributed by atoms with Gasteiger partial charge in [0.15, 0.2) is 4.34 Å². The Labute approximate surface area is 188 Å². The minimum atomic E-state index is -0.315. The molecule has 0 spiro atoms. The molecule has 0 radical (unpaired) electrons. The smallest absolute Gasteiger partial charge is 0.257 e. The number of amides is 2. The van der Waals surface area contributed by atoms with Crippen molar-refractivity contribution in [3.8, 4) is 0 Å². The van der Waals surface area contributed by atoms with E-state index in [1.165, 1.54) is 28.7 Å². The van der Waals surface area contributed by atoms with Gasteiger partial charge in [0.25, 0.3) is 5.91 Å². The Morgan fingerprint density at radius 1 is 1.10 bits per heavy atom. The zero-order chi connectivity index (χ0) is 21.3. The Hall–Kier alpha value is -2.42. The lowest BCUT2D eigenvalue weighted by Crippen LogP contribution is -2.13. The molecule has 0 aliphatic carbocycles. The molecule has 2 N–H and O–H groups in total. The van der Waals surface area contributed by atoms with Crippen LogP contribution in [0.4, 0.5) is 10.8 Å². The van der Waals surface area contributed by atoms with Gasteiger partial charge in [0.05, 0.1) is 5.75 Å². The Bertz CT molecular complexity index is 1010. The van der Waals surface area contributed by atoms with E-state index in [-0.39, 0.29) is 17.6 Å². The predicted octanol–water partition coefficient (Wildman–Crippen LogP) is 5.52. The van der Waals surface area contributed by atoms with Crippen molar-refractivity contribution < 1.29 is 9.59 Å². The van der Waals surface area contributed by atoms with Crippen LogP contribution >= 0.6 is 34.7 Å². The number of rotatable bonds is 9. The number of thioether (sulfide) groups is 1. The molecule has 1 heterocycles. The zero-order valence-electron chi connectivity index (χ0n) is 16.4. The summed E-state index contributed by atoms with van der Waals surface area (Å²) in [4.78, 5) is 24.4. The van der Waals surface area contributed by atoms with Crippen LogP contribution < -0.4 is 10.6 Å². The van der Waals surface area contributed by atoms with E-state index < -0.39 is 0 Å². The molecule has 0 aliphatic heterocycles. The molecule has 30 heavy (non-hydrogen) atoms. The molecule has 0 saturated heterocycles. The fraction of sp³-hybridized carbons (Fsp3) is 0.238. The monoisotopic (exact) mass is 460 g/mol. The van der Waals surface area contributed by atoms with Crippen LogP contribution in [0.2, 0.25) is 5.02 Å². The fourth-order valence-electron chi connectivity index (χ4n) is 2.58. The van der Waals surface area contributed by atoms with E-state index in [4.69, 9.17) is 11.6 Å². The van der Waals surface area contributed by atoms with Gasteiger partial charge in [-0.25, -0.2) is 0 Å². The van der Waals surface area contributed by atoms with Crippen molar-refractivity contribution in [3.63, 3.8) is 0 Å². The van der Waals surface area contributed by atoms with Gasteiger partial charge in [-0.3, -0.25) is 14.9 Å². The number of aryl methyl sites for hydroxylation is 1. The number of nitrogens with one attached hydrogen (secondary N) is 2. The lowest BCUT2D eigenvalue weighted by molar-refractivity contribution is -0.113. The van der Waals surface area contributed by atoms with Crippen molar-refractivity contribution >= 4 is 57.3 Å². The highest BCUT2D eigenvalue weighted by Gasteiger charge is 2.12. The number of aromatic nitrogens is 2. The van der Waals surface area contributed by atoms with E-state index in [0.717, 1.165) is 24.9 Å². The third-order valence-electron chi connectivity index (χ3n) is 4.10. The van der Waals surface area contributed by atoms with E-state index in [1.807, 2.05) is 24.3 Å². The molecule has 2 aromatic carbocycles. The van der Waals surface area contributed by atoms with Crippen molar-refractivity contribution in [1.82, 2.24) is 10.2 Å². The minimum absolute atomic E-state index is 0.124. The SMILES string of the molecule is CCCCc1ccc(NC(=O)CSc2nnc(NC(=O)c3cccc(Cl)c3)s2)cc1. The summed E-state index contributed by atoms with van der Waals surface area (Å²) in [5.41, 5.74) is 2.48. The highest BCUT2D eigenvalue weighted by atomic mass is 35.5. The number of anilines is 2. The molecule has 3 aromatic rings. The van der Waals surface area contributed by atoms with Crippen LogP contribution in [0.5, 0.6) is 0 Å². The third-order valence-corrected chi connectivity index (χ3v) is 6.30. The van der Waals surface area contributed by atoms with Crippen molar-refractivity contribution in [2.75, 3.05) is 16.4 Å². The third kappa shape index (κ3) is 6.83. The minimum Gasteiger partial charge on any atom is -0.325 e. The van der Waals surface area contributed by atoms with Crippen molar-refractivity contribution in [2.24, 2.45) is 0 Å². The maximum absolute atomic E-state index is 12.2. The first-order valence-corrected chi connectivity index (χ1v) is 11.6. The standard InChI is InChI=1S/C21H21ClN4O2S2/c1-2-3-5-14-8-10-17(11-9-14)23-18(27)13-29-21-26-25-20(30-21)24-19(28)15-6-4-7-16(22)12-15/h4,6-12H,2-3,5,13H2,1H3,(H,23,27)(H,24,25,28). The Balaban J connectivity index is 1.46. The number of nitrogens with zero attached hydrogens (tertiary/aromatic N) is 2. The molecule has 0 bridgehead atoms. The topological polar surface area (TPSA) is 84.0 Å². The summed E-state index contributed by atoms with van der Waals surface area (Å²) < 4.78 is 0.599. The molecule has 0 unspecified atom stereocenters. The molecule has 9 heteroatoms. The van der Waals surface area contributed by atoms with E-state index in [2.05, 4.69) is 27.8 Å². The first-order valence-electron chi connectivity index (χ1n) is 9.45. The molecular formula is C21H21ClN4O2S2. The summed E-state index contributed by atoms with van der Waals surface area (Å²) in [6.45, 7) is 2.17. The highest BCUT2D eigenvalue weighted by molar-refractivity contribution is 8.01. The molecule has 0 saturated carbocycles. The van der Waals surface area contributed by atoms with Crippen molar-refractivity contribution in [3.05, 3.63) is 64.7 Å². The summed E-state index contributed by atoms with van der Waals surface area (Å²) in [5.74, 6) is -0.236. The van der Waals surface area contributed by atoms with E-state index in [1.54, 1.807) is 24.3 Å². The van der Waals surface area contributed by atoms with Gasteiger partial charge in [-0.1, -0.05) is 66.2 Å². The number of unbranched alkanes of at least 4 members (excludes halogenated alkanes) is 1. The van der Waals surface area contributed by atoms with E-state index in [9.17, 15) is 9.59 Å². The van der Waals surface area contributed by atoms with Crippen LogP contribution in [0.15, 0.2) is 52.9 Å². The van der Waals surface area contributed by atoms with Crippen molar-refractivity contribution in [1.29, 1.82) is 0 Å². The van der Waals surface area contributed by atoms with Crippen LogP contribution in [0.3, 0.4) is 0 Å². The van der Waals surface area contributed by atoms with Crippen LogP contribution in [-0.2, 0) is 11.2 Å². The number of hydrogen-bond donors (Lipinski definition) is 2. The molecule has 2 amide bonds. The molecular weight excluding hydrogens is 440 g/mol. The number of halogens is 1. The second-order valence-corrected chi connectivity index (χ2v) is 9.11. The summed E-state index contributed by atoms with van der Waals surface area (Å²) >= 11 is 8.39. The Morgan fingerprint density at radius 3 is 2.63 bits per heavy atom. The van der Waals surface area contributed by atoms with Crippen LogP contribution in [0, 0.1) is 0 Å². The highest BCUT2D eigenvalue weighted by Crippen LogP contribution is 2.26. The summed E-state index contributed by atoms with van der Waals surface area (Å²) in [7, 11) is 0. The molecule has 0 fully saturated rings. The number of benzene rings is 2. The molecule has 1 aromatic heterocycles. The maximum Gasteiger partial charge on any atom is 0.257 e. The first-order chi connectivity index (χ1) is 14.5. The van der Waals surface area contributed by atoms with Gasteiger partial charge in [-0.2, -0.15) is 0 Å². The largest absolute Gasteiger partial charge is 0.325 e. The normalized spacial score (nSPS) is 10.6. The molecule has 0 atom stereocenters. The van der Waals surface area contributed by atoms with Gasteiger partial charge in [-0.05, 0) is 48.7 Å². The van der Waals surface area contributed by atoms with Gasteiger partial charge < -0.3 is 5.32 Å². The second-order valence-electron chi connectivity index (χ2n) is 6.47. The van der Waals surface area contributed by atoms with Gasteiger partial charge >= 0.3 is 0 Å². The molecule has 0 aliphatic rings. The fourth-order valence-corrected chi connectivity index (χ4v) is 4.31. The Kier molecular flexibility index (Phi) is 8.24. The van der Waals surface area contributed by atoms with Crippen LogP contribution in [-0.4, -0.2) is 27.8 Å². The van der Waals surface area contributed by atoms with Crippen molar-refractivity contribution in [2.45, 2.75) is 30.5 Å². The lowest BCUT2D eigenvalue weighted by Gasteiger charge is -2.06. The lowest BCUT2D eigenvalue weighted by atomic mass is 10.1. The second kappa shape index (κ2) is 11.1. The first kappa shape index (κ1) is 22.3. The van der Waals surface area contributed by atoms with Crippen LogP contribution in [0.25, 0.3) is 0 Å². The Morgan fingerprint density at radius 2 is 1.90 bits per heavy atom. The maximum atomic E-state index is 12.2. The number of carbonyl (C=O) groups excluding carboxylic acids is 2. The molecule has 6 nitrogen and oxygen atoms in total. The summed E-state index contributed by atoms with van der Waals surface area (Å²) in [6.07, 6.45) is 3.37. The van der Waals surface area contributed by atoms with Crippen LogP contribution in [0.1, 0.15) is 35.7 Å². The van der Waals surface area contributed by atoms with E-state index >= 15 is 0 Å². The average Bonchev–Trinajstić information content (AvgIpc) is 3.19. The number of carbonyl (C=O) groups is 2. The summed E-state index contributed by atoms with van der Waals surface area (Å²) in [6, 6.07) is 14.6. The summed E-state index contributed by atoms with van der Waals surface area (Å²) in [5, 5.41) is 14.4. The van der Waals surface area contributed by atoms with Gasteiger partial charge in [0.2, 0.25) is 11.0 Å². The van der Waals surface area contributed by atoms with Gasteiger partial charge in [0, 0.05) is 16.3 Å². The average molecular weight is 461 g/mol. The number of hydrogen-bond acceptors (Lipinski definition) is 6. The van der Waals surface area contributed by atoms with E-state index in [0.29, 0.717) is 20.1 Å². The predicted molar refractivity (Wildman–Crippen MR) is 124 cm³/mol. The van der Waals surface area contributed by atoms with Gasteiger partial charge in [-0.15, -0.1) is 10.2 Å². The van der Waals surface area contributed by atoms with Gasteiger partial charge in [0.1, 0.15) is 0 Å². The quantitative estimate of drug-likeness (QED) is 0.324.